The van der Waals surface area contributed by atoms with Crippen LogP contribution in [0, 0.1) is 5.92 Å². The first-order valence-electron chi connectivity index (χ1n) is 6.85. The summed E-state index contributed by atoms with van der Waals surface area (Å²) in [5, 5.41) is 6.23. The molecule has 2 aromatic carbocycles. The van der Waals surface area contributed by atoms with Crippen molar-refractivity contribution in [2.75, 3.05) is 10.6 Å². The van der Waals surface area contributed by atoms with E-state index in [9.17, 15) is 4.79 Å². The zero-order chi connectivity index (χ0) is 14.4. The lowest BCUT2D eigenvalue weighted by molar-refractivity contribution is -0.116. The van der Waals surface area contributed by atoms with E-state index in [0.29, 0.717) is 12.3 Å². The number of benzene rings is 2. The van der Waals surface area contributed by atoms with Gasteiger partial charge >= 0.3 is 0 Å². The molecule has 0 heterocycles. The minimum absolute atomic E-state index is 0.0526. The fourth-order valence-corrected chi connectivity index (χ4v) is 1.95. The highest BCUT2D eigenvalue weighted by atomic mass is 16.1. The average Bonchev–Trinajstić information content (AvgIpc) is 2.39. The summed E-state index contributed by atoms with van der Waals surface area (Å²) in [7, 11) is 0. The molecule has 0 aliphatic rings. The van der Waals surface area contributed by atoms with Crippen molar-refractivity contribution in [3.05, 3.63) is 54.6 Å². The van der Waals surface area contributed by atoms with Crippen molar-refractivity contribution in [3.63, 3.8) is 0 Å². The van der Waals surface area contributed by atoms with Gasteiger partial charge in [0.25, 0.3) is 0 Å². The Labute approximate surface area is 120 Å². The van der Waals surface area contributed by atoms with Gasteiger partial charge in [0.05, 0.1) is 0 Å². The van der Waals surface area contributed by atoms with Gasteiger partial charge in [-0.2, -0.15) is 0 Å². The lowest BCUT2D eigenvalue weighted by Crippen LogP contribution is -2.13. The van der Waals surface area contributed by atoms with Gasteiger partial charge < -0.3 is 10.6 Å². The molecule has 0 saturated heterocycles. The van der Waals surface area contributed by atoms with Gasteiger partial charge in [0, 0.05) is 23.5 Å². The van der Waals surface area contributed by atoms with Gasteiger partial charge in [-0.3, -0.25) is 4.79 Å². The standard InChI is InChI=1S/C17H20N2O/c1-13(2)11-17(20)19-16-10-6-9-15(12-16)18-14-7-4-3-5-8-14/h3-10,12-13,18H,11H2,1-2H3,(H,19,20). The molecule has 0 saturated carbocycles. The van der Waals surface area contributed by atoms with Gasteiger partial charge in [0.15, 0.2) is 0 Å². The van der Waals surface area contributed by atoms with Crippen LogP contribution >= 0.6 is 0 Å². The first-order valence-corrected chi connectivity index (χ1v) is 6.85. The van der Waals surface area contributed by atoms with Crippen molar-refractivity contribution in [1.29, 1.82) is 0 Å². The molecule has 0 aromatic heterocycles. The van der Waals surface area contributed by atoms with Gasteiger partial charge in [0.1, 0.15) is 0 Å². The van der Waals surface area contributed by atoms with E-state index in [4.69, 9.17) is 0 Å². The summed E-state index contributed by atoms with van der Waals surface area (Å²) in [6.07, 6.45) is 0.538. The number of nitrogens with one attached hydrogen (secondary N) is 2. The van der Waals surface area contributed by atoms with Crippen molar-refractivity contribution in [2.45, 2.75) is 20.3 Å². The quantitative estimate of drug-likeness (QED) is 0.843. The maximum atomic E-state index is 11.8. The number of amides is 1. The second-order valence-corrected chi connectivity index (χ2v) is 5.22. The Morgan fingerprint density at radius 2 is 1.60 bits per heavy atom. The lowest BCUT2D eigenvalue weighted by atomic mass is 10.1. The third kappa shape index (κ3) is 4.43. The zero-order valence-corrected chi connectivity index (χ0v) is 11.9. The summed E-state index contributed by atoms with van der Waals surface area (Å²) in [6, 6.07) is 17.7. The Balaban J connectivity index is 2.03. The fraction of sp³-hybridized carbons (Fsp3) is 0.235. The monoisotopic (exact) mass is 268 g/mol. The van der Waals surface area contributed by atoms with E-state index < -0.39 is 0 Å². The van der Waals surface area contributed by atoms with Crippen LogP contribution in [0.5, 0.6) is 0 Å². The molecule has 2 N–H and O–H groups in total. The number of anilines is 3. The fourth-order valence-electron chi connectivity index (χ4n) is 1.95. The molecule has 1 amide bonds. The summed E-state index contributed by atoms with van der Waals surface area (Å²) >= 11 is 0. The van der Waals surface area contributed by atoms with Crippen LogP contribution in [0.15, 0.2) is 54.6 Å². The van der Waals surface area contributed by atoms with Gasteiger partial charge in [-0.15, -0.1) is 0 Å². The Morgan fingerprint density at radius 3 is 2.30 bits per heavy atom. The van der Waals surface area contributed by atoms with E-state index >= 15 is 0 Å². The van der Waals surface area contributed by atoms with E-state index in [1.54, 1.807) is 0 Å². The number of hydrogen-bond acceptors (Lipinski definition) is 2. The Morgan fingerprint density at radius 1 is 0.950 bits per heavy atom. The molecule has 0 aliphatic carbocycles. The summed E-state index contributed by atoms with van der Waals surface area (Å²) in [5.41, 5.74) is 2.80. The van der Waals surface area contributed by atoms with Crippen LogP contribution in [-0.4, -0.2) is 5.91 Å². The van der Waals surface area contributed by atoms with Crippen LogP contribution in [-0.2, 0) is 4.79 Å². The second kappa shape index (κ2) is 6.75. The van der Waals surface area contributed by atoms with E-state index in [1.807, 2.05) is 68.4 Å². The third-order valence-corrected chi connectivity index (χ3v) is 2.80. The first kappa shape index (κ1) is 14.1. The number of rotatable bonds is 5. The molecule has 3 heteroatoms. The van der Waals surface area contributed by atoms with Crippen molar-refractivity contribution >= 4 is 23.0 Å². The van der Waals surface area contributed by atoms with E-state index in [2.05, 4.69) is 10.6 Å². The highest BCUT2D eigenvalue weighted by molar-refractivity contribution is 5.91. The van der Waals surface area contributed by atoms with Crippen molar-refractivity contribution in [3.8, 4) is 0 Å². The molecule has 0 fully saturated rings. The topological polar surface area (TPSA) is 41.1 Å². The Hall–Kier alpha value is -2.29. The molecule has 3 nitrogen and oxygen atoms in total. The zero-order valence-electron chi connectivity index (χ0n) is 11.9. The minimum Gasteiger partial charge on any atom is -0.355 e. The second-order valence-electron chi connectivity index (χ2n) is 5.22. The number of para-hydroxylation sites is 1. The molecule has 0 atom stereocenters. The molecule has 0 unspecified atom stereocenters. The smallest absolute Gasteiger partial charge is 0.224 e. The average molecular weight is 268 g/mol. The SMILES string of the molecule is CC(C)CC(=O)Nc1cccc(Nc2ccccc2)c1. The minimum atomic E-state index is 0.0526. The maximum absolute atomic E-state index is 11.8. The summed E-state index contributed by atoms with van der Waals surface area (Å²) < 4.78 is 0. The van der Waals surface area contributed by atoms with Gasteiger partial charge in [-0.25, -0.2) is 0 Å². The predicted molar refractivity (Wildman–Crippen MR) is 84.3 cm³/mol. The number of carbonyl (C=O) groups excluding carboxylic acids is 1. The largest absolute Gasteiger partial charge is 0.355 e. The van der Waals surface area contributed by atoms with Crippen LogP contribution in [0.25, 0.3) is 0 Å². The number of hydrogen-bond donors (Lipinski definition) is 2. The van der Waals surface area contributed by atoms with Gasteiger partial charge in [-0.05, 0) is 36.2 Å². The van der Waals surface area contributed by atoms with E-state index in [-0.39, 0.29) is 5.91 Å². The predicted octanol–water partition coefficient (Wildman–Crippen LogP) is 4.41. The summed E-state index contributed by atoms with van der Waals surface area (Å²) in [6.45, 7) is 4.07. The van der Waals surface area contributed by atoms with Gasteiger partial charge in [0.2, 0.25) is 5.91 Å². The van der Waals surface area contributed by atoms with E-state index in [1.165, 1.54) is 0 Å². The molecule has 0 bridgehead atoms. The molecule has 0 aliphatic heterocycles. The molecular formula is C17H20N2O. The van der Waals surface area contributed by atoms with Crippen molar-refractivity contribution < 1.29 is 4.79 Å². The van der Waals surface area contributed by atoms with Crippen LogP contribution < -0.4 is 10.6 Å². The summed E-state index contributed by atoms with van der Waals surface area (Å²) in [4.78, 5) is 11.8. The molecule has 2 aromatic rings. The first-order chi connectivity index (χ1) is 9.63. The van der Waals surface area contributed by atoms with Crippen molar-refractivity contribution in [2.24, 2.45) is 5.92 Å². The van der Waals surface area contributed by atoms with Crippen molar-refractivity contribution in [1.82, 2.24) is 0 Å². The molecular weight excluding hydrogens is 248 g/mol. The van der Waals surface area contributed by atoms with Gasteiger partial charge in [-0.1, -0.05) is 38.1 Å². The molecule has 0 radical (unpaired) electrons. The molecule has 104 valence electrons. The molecule has 20 heavy (non-hydrogen) atoms. The molecule has 2 rings (SSSR count). The normalized spacial score (nSPS) is 10.3. The lowest BCUT2D eigenvalue weighted by Gasteiger charge is -2.10. The van der Waals surface area contributed by atoms with Crippen LogP contribution in [0.1, 0.15) is 20.3 Å². The van der Waals surface area contributed by atoms with Crippen LogP contribution in [0.2, 0.25) is 0 Å². The van der Waals surface area contributed by atoms with Crippen LogP contribution in [0.4, 0.5) is 17.1 Å². The Bertz CT molecular complexity index is 564. The third-order valence-electron chi connectivity index (χ3n) is 2.80. The van der Waals surface area contributed by atoms with E-state index in [0.717, 1.165) is 17.1 Å². The highest BCUT2D eigenvalue weighted by Crippen LogP contribution is 2.20. The highest BCUT2D eigenvalue weighted by Gasteiger charge is 2.05. The Kier molecular flexibility index (Phi) is 4.77. The number of carbonyl (C=O) groups is 1. The molecule has 0 spiro atoms. The summed E-state index contributed by atoms with van der Waals surface area (Å²) in [5.74, 6) is 0.414. The van der Waals surface area contributed by atoms with Crippen LogP contribution in [0.3, 0.4) is 0 Å². The maximum Gasteiger partial charge on any atom is 0.224 e.